The van der Waals surface area contributed by atoms with Crippen LogP contribution < -0.4 is 5.73 Å². The molecule has 1 atom stereocenters. The van der Waals surface area contributed by atoms with Crippen molar-refractivity contribution in [1.29, 1.82) is 0 Å². The molecular formula is C12H16FNO2. The number of rotatable bonds is 4. The third kappa shape index (κ3) is 3.31. The molecule has 0 aliphatic rings. The van der Waals surface area contributed by atoms with Crippen LogP contribution in [-0.4, -0.2) is 18.6 Å². The Labute approximate surface area is 94.4 Å². The highest BCUT2D eigenvalue weighted by Gasteiger charge is 2.15. The van der Waals surface area contributed by atoms with E-state index in [1.54, 1.807) is 26.0 Å². The van der Waals surface area contributed by atoms with Crippen molar-refractivity contribution in [2.75, 3.05) is 6.61 Å². The normalized spacial score (nSPS) is 12.2. The van der Waals surface area contributed by atoms with Crippen LogP contribution in [0.25, 0.3) is 0 Å². The summed E-state index contributed by atoms with van der Waals surface area (Å²) in [5.74, 6) is -0.682. The number of halogens is 1. The van der Waals surface area contributed by atoms with Crippen LogP contribution in [-0.2, 0) is 16.0 Å². The molecule has 0 fully saturated rings. The lowest BCUT2D eigenvalue weighted by Crippen LogP contribution is -2.34. The monoisotopic (exact) mass is 225 g/mol. The van der Waals surface area contributed by atoms with Crippen LogP contribution in [0.15, 0.2) is 18.2 Å². The van der Waals surface area contributed by atoms with Crippen LogP contribution in [0.3, 0.4) is 0 Å². The second kappa shape index (κ2) is 5.61. The quantitative estimate of drug-likeness (QED) is 0.791. The first kappa shape index (κ1) is 12.6. The maximum atomic E-state index is 13.0. The molecule has 88 valence electrons. The van der Waals surface area contributed by atoms with Crippen molar-refractivity contribution in [1.82, 2.24) is 0 Å². The average molecular weight is 225 g/mol. The van der Waals surface area contributed by atoms with Gasteiger partial charge in [0.2, 0.25) is 0 Å². The summed E-state index contributed by atoms with van der Waals surface area (Å²) >= 11 is 0. The Bertz CT molecular complexity index is 379. The number of nitrogens with two attached hydrogens (primary N) is 1. The van der Waals surface area contributed by atoms with E-state index in [1.807, 2.05) is 0 Å². The van der Waals surface area contributed by atoms with E-state index in [-0.39, 0.29) is 5.82 Å². The zero-order chi connectivity index (χ0) is 12.1. The van der Waals surface area contributed by atoms with Crippen molar-refractivity contribution in [3.8, 4) is 0 Å². The Hall–Kier alpha value is -1.42. The van der Waals surface area contributed by atoms with Crippen LogP contribution >= 0.6 is 0 Å². The molecule has 0 aromatic heterocycles. The van der Waals surface area contributed by atoms with E-state index >= 15 is 0 Å². The fraction of sp³-hybridized carbons (Fsp3) is 0.417. The standard InChI is InChI=1S/C12H16FNO2/c1-3-16-12(15)11(14)7-9-4-5-10(13)8(2)6-9/h4-6,11H,3,7,14H2,1-2H3. The molecule has 0 aliphatic heterocycles. The number of ether oxygens (including phenoxy) is 1. The highest BCUT2D eigenvalue weighted by molar-refractivity contribution is 5.75. The number of esters is 1. The predicted molar refractivity (Wildman–Crippen MR) is 59.4 cm³/mol. The number of carbonyl (C=O) groups excluding carboxylic acids is 1. The number of hydrogen-bond donors (Lipinski definition) is 1. The van der Waals surface area contributed by atoms with Gasteiger partial charge >= 0.3 is 5.97 Å². The lowest BCUT2D eigenvalue weighted by molar-refractivity contribution is -0.144. The number of carbonyl (C=O) groups is 1. The van der Waals surface area contributed by atoms with Gasteiger partial charge in [-0.2, -0.15) is 0 Å². The number of benzene rings is 1. The third-order valence-corrected chi connectivity index (χ3v) is 2.27. The first-order chi connectivity index (χ1) is 7.54. The first-order valence-electron chi connectivity index (χ1n) is 5.21. The SMILES string of the molecule is CCOC(=O)C(N)Cc1ccc(F)c(C)c1. The van der Waals surface area contributed by atoms with Crippen molar-refractivity contribution in [2.45, 2.75) is 26.3 Å². The third-order valence-electron chi connectivity index (χ3n) is 2.27. The van der Waals surface area contributed by atoms with Gasteiger partial charge in [-0.25, -0.2) is 4.39 Å². The summed E-state index contributed by atoms with van der Waals surface area (Å²) in [6, 6.07) is 4.00. The topological polar surface area (TPSA) is 52.3 Å². The van der Waals surface area contributed by atoms with Gasteiger partial charge in [-0.3, -0.25) is 4.79 Å². The van der Waals surface area contributed by atoms with Gasteiger partial charge in [-0.05, 0) is 37.5 Å². The van der Waals surface area contributed by atoms with Gasteiger partial charge in [0.1, 0.15) is 11.9 Å². The molecule has 0 radical (unpaired) electrons. The summed E-state index contributed by atoms with van der Waals surface area (Å²) in [4.78, 5) is 11.3. The van der Waals surface area contributed by atoms with Crippen molar-refractivity contribution in [2.24, 2.45) is 5.73 Å². The van der Waals surface area contributed by atoms with Crippen LogP contribution in [0, 0.1) is 12.7 Å². The maximum Gasteiger partial charge on any atom is 0.323 e. The van der Waals surface area contributed by atoms with E-state index in [9.17, 15) is 9.18 Å². The molecule has 0 saturated carbocycles. The van der Waals surface area contributed by atoms with Crippen LogP contribution in [0.1, 0.15) is 18.1 Å². The Kier molecular flexibility index (Phi) is 4.43. The van der Waals surface area contributed by atoms with Gasteiger partial charge in [-0.15, -0.1) is 0 Å². The van der Waals surface area contributed by atoms with Gasteiger partial charge in [-0.1, -0.05) is 12.1 Å². The fourth-order valence-corrected chi connectivity index (χ4v) is 1.42. The van der Waals surface area contributed by atoms with Crippen molar-refractivity contribution < 1.29 is 13.9 Å². The van der Waals surface area contributed by atoms with E-state index in [1.165, 1.54) is 6.07 Å². The molecule has 2 N–H and O–H groups in total. The minimum absolute atomic E-state index is 0.256. The molecule has 1 aromatic rings. The van der Waals surface area contributed by atoms with E-state index in [2.05, 4.69) is 0 Å². The summed E-state index contributed by atoms with van der Waals surface area (Å²) in [5, 5.41) is 0. The molecule has 1 rings (SSSR count). The summed E-state index contributed by atoms with van der Waals surface area (Å²) in [7, 11) is 0. The molecule has 0 bridgehead atoms. The van der Waals surface area contributed by atoms with Gasteiger partial charge in [0.25, 0.3) is 0 Å². The highest BCUT2D eigenvalue weighted by atomic mass is 19.1. The highest BCUT2D eigenvalue weighted by Crippen LogP contribution is 2.11. The Morgan fingerprint density at radius 2 is 2.25 bits per heavy atom. The molecule has 1 unspecified atom stereocenters. The van der Waals surface area contributed by atoms with E-state index in [0.29, 0.717) is 18.6 Å². The summed E-state index contributed by atoms with van der Waals surface area (Å²) in [6.07, 6.45) is 0.361. The maximum absolute atomic E-state index is 13.0. The second-order valence-electron chi connectivity index (χ2n) is 3.65. The molecule has 4 heteroatoms. The molecule has 0 amide bonds. The average Bonchev–Trinajstić information content (AvgIpc) is 2.24. The first-order valence-corrected chi connectivity index (χ1v) is 5.21. The molecule has 16 heavy (non-hydrogen) atoms. The van der Waals surface area contributed by atoms with E-state index < -0.39 is 12.0 Å². The molecule has 0 saturated heterocycles. The largest absolute Gasteiger partial charge is 0.465 e. The summed E-state index contributed by atoms with van der Waals surface area (Å²) in [6.45, 7) is 3.72. The Balaban J connectivity index is 2.66. The Morgan fingerprint density at radius 3 is 2.81 bits per heavy atom. The van der Waals surface area contributed by atoms with E-state index in [0.717, 1.165) is 5.56 Å². The lowest BCUT2D eigenvalue weighted by Gasteiger charge is -2.11. The van der Waals surface area contributed by atoms with Crippen LogP contribution in [0.4, 0.5) is 4.39 Å². The molecule has 0 aliphatic carbocycles. The van der Waals surface area contributed by atoms with E-state index in [4.69, 9.17) is 10.5 Å². The molecule has 0 spiro atoms. The Morgan fingerprint density at radius 1 is 1.56 bits per heavy atom. The van der Waals surface area contributed by atoms with Gasteiger partial charge < -0.3 is 10.5 Å². The fourth-order valence-electron chi connectivity index (χ4n) is 1.42. The molecule has 0 heterocycles. The summed E-state index contributed by atoms with van der Waals surface area (Å²) in [5.41, 5.74) is 7.04. The zero-order valence-electron chi connectivity index (χ0n) is 9.50. The molecule has 3 nitrogen and oxygen atoms in total. The van der Waals surface area contributed by atoms with Gasteiger partial charge in [0, 0.05) is 0 Å². The van der Waals surface area contributed by atoms with Crippen molar-refractivity contribution >= 4 is 5.97 Å². The summed E-state index contributed by atoms with van der Waals surface area (Å²) < 4.78 is 17.8. The second-order valence-corrected chi connectivity index (χ2v) is 3.65. The zero-order valence-corrected chi connectivity index (χ0v) is 9.50. The van der Waals surface area contributed by atoms with Gasteiger partial charge in [0.05, 0.1) is 6.61 Å². The number of aryl methyl sites for hydroxylation is 1. The lowest BCUT2D eigenvalue weighted by atomic mass is 10.0. The predicted octanol–water partition coefficient (Wildman–Crippen LogP) is 1.57. The molecular weight excluding hydrogens is 209 g/mol. The van der Waals surface area contributed by atoms with Crippen molar-refractivity contribution in [3.63, 3.8) is 0 Å². The van der Waals surface area contributed by atoms with Crippen LogP contribution in [0.5, 0.6) is 0 Å². The minimum atomic E-state index is -0.690. The minimum Gasteiger partial charge on any atom is -0.465 e. The molecule has 1 aromatic carbocycles. The smallest absolute Gasteiger partial charge is 0.323 e. The van der Waals surface area contributed by atoms with Crippen LogP contribution in [0.2, 0.25) is 0 Å². The van der Waals surface area contributed by atoms with Crippen molar-refractivity contribution in [3.05, 3.63) is 35.1 Å². The number of hydrogen-bond acceptors (Lipinski definition) is 3. The van der Waals surface area contributed by atoms with Gasteiger partial charge in [0.15, 0.2) is 0 Å².